The van der Waals surface area contributed by atoms with E-state index >= 15 is 0 Å². The zero-order valence-electron chi connectivity index (χ0n) is 19.8. The number of nitrogens with one attached hydrogen (secondary N) is 4. The van der Waals surface area contributed by atoms with Crippen molar-refractivity contribution in [3.05, 3.63) is 94.2 Å². The molecule has 0 bridgehead atoms. The smallest absolute Gasteiger partial charge is 0.0752 e. The van der Waals surface area contributed by atoms with E-state index in [0.717, 1.165) is 34.8 Å². The van der Waals surface area contributed by atoms with Gasteiger partial charge in [-0.15, -0.1) is 11.8 Å². The molecule has 5 rings (SSSR count). The molecule has 0 spiro atoms. The molecule has 3 heterocycles. The van der Waals surface area contributed by atoms with Crippen LogP contribution in [0.3, 0.4) is 0 Å². The van der Waals surface area contributed by atoms with E-state index in [1.54, 1.807) is 0 Å². The molecule has 0 aromatic heterocycles. The highest BCUT2D eigenvalue weighted by atomic mass is 32.2. The molecule has 6 heteroatoms. The third-order valence-electron chi connectivity index (χ3n) is 6.95. The van der Waals surface area contributed by atoms with Crippen molar-refractivity contribution in [3.8, 4) is 0 Å². The molecule has 0 saturated carbocycles. The van der Waals surface area contributed by atoms with Gasteiger partial charge in [0.1, 0.15) is 0 Å². The van der Waals surface area contributed by atoms with E-state index in [1.165, 1.54) is 65.7 Å². The van der Waals surface area contributed by atoms with Crippen molar-refractivity contribution in [1.29, 1.82) is 5.41 Å². The molecule has 3 aliphatic rings. The summed E-state index contributed by atoms with van der Waals surface area (Å²) in [5, 5.41) is 10.8. The van der Waals surface area contributed by atoms with Crippen LogP contribution in [0.25, 0.3) is 4.91 Å². The number of anilines is 1. The van der Waals surface area contributed by atoms with Gasteiger partial charge in [0.2, 0.25) is 0 Å². The summed E-state index contributed by atoms with van der Waals surface area (Å²) in [4.78, 5) is 3.83. The average Bonchev–Trinajstić information content (AvgIpc) is 3.24. The number of nitrogens with zero attached hydrogens (tertiary/aromatic N) is 1. The van der Waals surface area contributed by atoms with Gasteiger partial charge in [0, 0.05) is 41.7 Å². The molecule has 5 nitrogen and oxygen atoms in total. The van der Waals surface area contributed by atoms with Crippen molar-refractivity contribution in [2.75, 3.05) is 31.2 Å². The Morgan fingerprint density at radius 1 is 1.15 bits per heavy atom. The van der Waals surface area contributed by atoms with Gasteiger partial charge < -0.3 is 16.2 Å². The predicted octanol–water partition coefficient (Wildman–Crippen LogP) is 5.46. The number of hydrogen-bond donors (Lipinski definition) is 4. The molecule has 1 atom stereocenters. The summed E-state index contributed by atoms with van der Waals surface area (Å²) in [6.45, 7) is 7.88. The van der Waals surface area contributed by atoms with Crippen LogP contribution >= 0.6 is 11.8 Å². The van der Waals surface area contributed by atoms with Gasteiger partial charge in [-0.3, -0.25) is 4.90 Å². The summed E-state index contributed by atoms with van der Waals surface area (Å²) in [5.41, 5.74) is 15.9. The summed E-state index contributed by atoms with van der Waals surface area (Å²) < 4.78 is 0. The lowest BCUT2D eigenvalue weighted by Gasteiger charge is -2.26. The molecule has 0 amide bonds. The van der Waals surface area contributed by atoms with Crippen LogP contribution in [0.1, 0.15) is 47.6 Å². The highest BCUT2D eigenvalue weighted by Gasteiger charge is 2.30. The molecular formula is C28H33N5S. The van der Waals surface area contributed by atoms with Gasteiger partial charge in [-0.25, -0.2) is 5.43 Å². The van der Waals surface area contributed by atoms with E-state index in [0.29, 0.717) is 0 Å². The van der Waals surface area contributed by atoms with Crippen molar-refractivity contribution in [2.24, 2.45) is 0 Å². The topological polar surface area (TPSA) is 63.2 Å². The van der Waals surface area contributed by atoms with Gasteiger partial charge in [0.05, 0.1) is 11.7 Å². The SMILES string of the molecule is C=C1C=C(c2ccc(CN3CCCCC3)cc2)SCC2=C1NNC2c1ccc(C=N)c(NC)c1. The molecule has 0 radical (unpaired) electrons. The molecule has 1 fully saturated rings. The van der Waals surface area contributed by atoms with Crippen molar-refractivity contribution in [3.63, 3.8) is 0 Å². The van der Waals surface area contributed by atoms with Crippen LogP contribution in [0.2, 0.25) is 0 Å². The Morgan fingerprint density at radius 2 is 1.94 bits per heavy atom. The fraction of sp³-hybridized carbons (Fsp3) is 0.321. The predicted molar refractivity (Wildman–Crippen MR) is 145 cm³/mol. The van der Waals surface area contributed by atoms with Crippen LogP contribution in [-0.4, -0.2) is 37.0 Å². The quantitative estimate of drug-likeness (QED) is 0.422. The Kier molecular flexibility index (Phi) is 6.90. The standard InChI is InChI=1S/C28H33N5S/c1-19-14-26(21-8-6-20(7-9-21)17-33-12-4-3-5-13-33)34-18-24-27(19)31-32-28(24)22-10-11-23(16-29)25(15-22)30-2/h6-11,14-16,28-32H,1,3-5,12-13,17-18H2,2H3. The Balaban J connectivity index is 1.31. The van der Waals surface area contributed by atoms with E-state index in [2.05, 4.69) is 70.1 Å². The number of piperidine rings is 1. The highest BCUT2D eigenvalue weighted by molar-refractivity contribution is 8.08. The summed E-state index contributed by atoms with van der Waals surface area (Å²) in [6.07, 6.45) is 7.63. The maximum Gasteiger partial charge on any atom is 0.0752 e. The van der Waals surface area contributed by atoms with E-state index in [-0.39, 0.29) is 6.04 Å². The maximum atomic E-state index is 7.63. The minimum Gasteiger partial charge on any atom is -0.388 e. The van der Waals surface area contributed by atoms with Gasteiger partial charge in [-0.1, -0.05) is 49.4 Å². The summed E-state index contributed by atoms with van der Waals surface area (Å²) >= 11 is 1.88. The second-order valence-corrected chi connectivity index (χ2v) is 10.2. The first-order chi connectivity index (χ1) is 16.7. The lowest BCUT2D eigenvalue weighted by molar-refractivity contribution is 0.221. The Hall–Kier alpha value is -2.80. The fourth-order valence-corrected chi connectivity index (χ4v) is 6.17. The van der Waals surface area contributed by atoms with Gasteiger partial charge in [-0.2, -0.15) is 0 Å². The van der Waals surface area contributed by atoms with Crippen molar-refractivity contribution in [2.45, 2.75) is 31.8 Å². The average molecular weight is 472 g/mol. The summed E-state index contributed by atoms with van der Waals surface area (Å²) in [7, 11) is 1.90. The zero-order valence-corrected chi connectivity index (χ0v) is 20.6. The summed E-state index contributed by atoms with van der Waals surface area (Å²) in [6, 6.07) is 15.4. The van der Waals surface area contributed by atoms with Crippen molar-refractivity contribution in [1.82, 2.24) is 15.8 Å². The van der Waals surface area contributed by atoms with Crippen LogP contribution < -0.4 is 16.2 Å². The Labute approximate surface area is 206 Å². The van der Waals surface area contributed by atoms with Crippen LogP contribution in [-0.2, 0) is 6.54 Å². The number of thioether (sulfide) groups is 1. The van der Waals surface area contributed by atoms with Crippen molar-refractivity contribution >= 4 is 28.6 Å². The second kappa shape index (κ2) is 10.2. The molecule has 2 aromatic carbocycles. The first kappa shape index (κ1) is 23.0. The van der Waals surface area contributed by atoms with E-state index in [1.807, 2.05) is 24.9 Å². The van der Waals surface area contributed by atoms with Gasteiger partial charge in [0.15, 0.2) is 0 Å². The van der Waals surface area contributed by atoms with Gasteiger partial charge >= 0.3 is 0 Å². The van der Waals surface area contributed by atoms with E-state index in [9.17, 15) is 0 Å². The van der Waals surface area contributed by atoms with Gasteiger partial charge in [0.25, 0.3) is 0 Å². The lowest BCUT2D eigenvalue weighted by atomic mass is 9.96. The zero-order chi connectivity index (χ0) is 23.5. The number of rotatable bonds is 6. The number of benzene rings is 2. The molecule has 176 valence electrons. The second-order valence-electron chi connectivity index (χ2n) is 9.20. The minimum absolute atomic E-state index is 0.0748. The van der Waals surface area contributed by atoms with E-state index < -0.39 is 0 Å². The highest BCUT2D eigenvalue weighted by Crippen LogP contribution is 2.41. The van der Waals surface area contributed by atoms with Crippen LogP contribution in [0.5, 0.6) is 0 Å². The number of hydrazine groups is 1. The number of hydrogen-bond acceptors (Lipinski definition) is 6. The van der Waals surface area contributed by atoms with Gasteiger partial charge in [-0.05, 0) is 65.9 Å². The molecule has 4 N–H and O–H groups in total. The third kappa shape index (κ3) is 4.71. The lowest BCUT2D eigenvalue weighted by Crippen LogP contribution is -2.29. The molecule has 1 saturated heterocycles. The third-order valence-corrected chi connectivity index (χ3v) is 8.07. The fourth-order valence-electron chi connectivity index (χ4n) is 5.02. The monoisotopic (exact) mass is 471 g/mol. The molecule has 2 aromatic rings. The Bertz CT molecular complexity index is 1140. The molecule has 34 heavy (non-hydrogen) atoms. The molecule has 0 aliphatic carbocycles. The maximum absolute atomic E-state index is 7.63. The van der Waals surface area contributed by atoms with Crippen molar-refractivity contribution < 1.29 is 0 Å². The largest absolute Gasteiger partial charge is 0.388 e. The number of allylic oxidation sites excluding steroid dienone is 1. The summed E-state index contributed by atoms with van der Waals surface area (Å²) in [5.74, 6) is 0.890. The molecule has 3 aliphatic heterocycles. The van der Waals surface area contributed by atoms with Crippen LogP contribution in [0, 0.1) is 5.41 Å². The van der Waals surface area contributed by atoms with Crippen LogP contribution in [0.4, 0.5) is 5.69 Å². The first-order valence-corrected chi connectivity index (χ1v) is 13.1. The first-order valence-electron chi connectivity index (χ1n) is 12.1. The Morgan fingerprint density at radius 3 is 2.68 bits per heavy atom. The number of likely N-dealkylation sites (tertiary alicyclic amines) is 1. The van der Waals surface area contributed by atoms with E-state index in [4.69, 9.17) is 5.41 Å². The minimum atomic E-state index is 0.0748. The molecule has 1 unspecified atom stereocenters. The normalized spacial score (nSPS) is 20.9. The van der Waals surface area contributed by atoms with Crippen LogP contribution in [0.15, 0.2) is 72.0 Å². The molecular weight excluding hydrogens is 438 g/mol.